The second-order valence-corrected chi connectivity index (χ2v) is 11.2. The standard InChI is InChI=1S/C20H27N3O5S2/c1-14(2)22-29(25,26)19-8-6-7-17(13-19)20(24)21-15(3)16-9-11-18(12-10-16)30(27,28)23(4)5/h6-15,22H,1-5H3,(H,21,24). The van der Waals surface area contributed by atoms with Crippen LogP contribution in [0.25, 0.3) is 0 Å². The average molecular weight is 454 g/mol. The number of rotatable bonds is 8. The number of nitrogens with zero attached hydrogens (tertiary/aromatic N) is 1. The second kappa shape index (κ2) is 9.25. The maximum Gasteiger partial charge on any atom is 0.251 e. The molecule has 0 radical (unpaired) electrons. The Bertz CT molecular complexity index is 1110. The number of nitrogens with one attached hydrogen (secondary N) is 2. The number of carbonyl (C=O) groups excluding carboxylic acids is 1. The fraction of sp³-hybridized carbons (Fsp3) is 0.350. The van der Waals surface area contributed by atoms with Gasteiger partial charge in [-0.25, -0.2) is 25.9 Å². The summed E-state index contributed by atoms with van der Waals surface area (Å²) in [6.45, 7) is 5.18. The third kappa shape index (κ3) is 5.66. The molecule has 10 heteroatoms. The molecule has 0 aromatic heterocycles. The third-order valence-corrected chi connectivity index (χ3v) is 7.79. The molecule has 1 unspecified atom stereocenters. The molecule has 2 aromatic rings. The Morgan fingerprint density at radius 3 is 2.03 bits per heavy atom. The Kier molecular flexibility index (Phi) is 7.40. The van der Waals surface area contributed by atoms with Crippen LogP contribution in [0.2, 0.25) is 0 Å². The Balaban J connectivity index is 2.18. The van der Waals surface area contributed by atoms with E-state index in [-0.39, 0.29) is 21.4 Å². The molecule has 30 heavy (non-hydrogen) atoms. The second-order valence-electron chi connectivity index (χ2n) is 7.36. The van der Waals surface area contributed by atoms with Crippen molar-refractivity contribution in [3.8, 4) is 0 Å². The van der Waals surface area contributed by atoms with Gasteiger partial charge in [0.15, 0.2) is 0 Å². The number of benzene rings is 2. The molecule has 0 bridgehead atoms. The molecule has 8 nitrogen and oxygen atoms in total. The summed E-state index contributed by atoms with van der Waals surface area (Å²) in [5.41, 5.74) is 0.923. The van der Waals surface area contributed by atoms with E-state index in [0.29, 0.717) is 5.56 Å². The highest BCUT2D eigenvalue weighted by atomic mass is 32.2. The van der Waals surface area contributed by atoms with Gasteiger partial charge in [0.2, 0.25) is 20.0 Å². The van der Waals surface area contributed by atoms with Gasteiger partial charge in [0, 0.05) is 25.7 Å². The lowest BCUT2D eigenvalue weighted by Crippen LogP contribution is -2.31. The first kappa shape index (κ1) is 24.0. The molecule has 0 spiro atoms. The van der Waals surface area contributed by atoms with E-state index in [9.17, 15) is 21.6 Å². The first-order valence-electron chi connectivity index (χ1n) is 9.30. The summed E-state index contributed by atoms with van der Waals surface area (Å²) in [5, 5.41) is 2.80. The minimum atomic E-state index is -3.71. The molecule has 0 aliphatic carbocycles. The maximum atomic E-state index is 12.6. The van der Waals surface area contributed by atoms with Gasteiger partial charge in [0.1, 0.15) is 0 Å². The lowest BCUT2D eigenvalue weighted by atomic mass is 10.1. The van der Waals surface area contributed by atoms with Crippen molar-refractivity contribution in [1.82, 2.24) is 14.3 Å². The van der Waals surface area contributed by atoms with Gasteiger partial charge in [-0.2, -0.15) is 0 Å². The van der Waals surface area contributed by atoms with Crippen LogP contribution in [0.15, 0.2) is 58.3 Å². The SMILES string of the molecule is CC(C)NS(=O)(=O)c1cccc(C(=O)NC(C)c2ccc(S(=O)(=O)N(C)C)cc2)c1. The molecule has 2 N–H and O–H groups in total. The van der Waals surface area contributed by atoms with Crippen LogP contribution in [-0.2, 0) is 20.0 Å². The fourth-order valence-corrected chi connectivity index (χ4v) is 4.88. The number of carbonyl (C=O) groups is 1. The first-order valence-corrected chi connectivity index (χ1v) is 12.2. The molecule has 0 aliphatic rings. The number of amides is 1. The van der Waals surface area contributed by atoms with E-state index in [1.807, 2.05) is 0 Å². The summed E-state index contributed by atoms with van der Waals surface area (Å²) in [6.07, 6.45) is 0. The van der Waals surface area contributed by atoms with Crippen LogP contribution in [-0.4, -0.2) is 47.2 Å². The fourth-order valence-electron chi connectivity index (χ4n) is 2.69. The monoisotopic (exact) mass is 453 g/mol. The van der Waals surface area contributed by atoms with Crippen LogP contribution in [0.3, 0.4) is 0 Å². The van der Waals surface area contributed by atoms with E-state index >= 15 is 0 Å². The van der Waals surface area contributed by atoms with Gasteiger partial charge in [0.25, 0.3) is 5.91 Å². The van der Waals surface area contributed by atoms with E-state index < -0.39 is 32.0 Å². The van der Waals surface area contributed by atoms with Gasteiger partial charge in [-0.15, -0.1) is 0 Å². The molecule has 0 saturated carbocycles. The molecule has 0 saturated heterocycles. The van der Waals surface area contributed by atoms with Crippen molar-refractivity contribution < 1.29 is 21.6 Å². The zero-order valence-electron chi connectivity index (χ0n) is 17.6. The summed E-state index contributed by atoms with van der Waals surface area (Å²) in [7, 11) is -4.33. The van der Waals surface area contributed by atoms with Crippen LogP contribution >= 0.6 is 0 Å². The van der Waals surface area contributed by atoms with Gasteiger partial charge >= 0.3 is 0 Å². The number of hydrogen-bond donors (Lipinski definition) is 2. The highest BCUT2D eigenvalue weighted by molar-refractivity contribution is 7.89. The highest BCUT2D eigenvalue weighted by Crippen LogP contribution is 2.19. The van der Waals surface area contributed by atoms with E-state index in [0.717, 1.165) is 4.31 Å². The Hall–Kier alpha value is -2.27. The Morgan fingerprint density at radius 1 is 0.900 bits per heavy atom. The topological polar surface area (TPSA) is 113 Å². The van der Waals surface area contributed by atoms with Crippen molar-refractivity contribution in [1.29, 1.82) is 0 Å². The largest absolute Gasteiger partial charge is 0.346 e. The number of hydrogen-bond acceptors (Lipinski definition) is 5. The smallest absolute Gasteiger partial charge is 0.251 e. The normalized spacial score (nSPS) is 13.4. The summed E-state index contributed by atoms with van der Waals surface area (Å²) >= 11 is 0. The Labute approximate surface area is 178 Å². The van der Waals surface area contributed by atoms with Crippen molar-refractivity contribution in [2.45, 2.75) is 42.6 Å². The van der Waals surface area contributed by atoms with Gasteiger partial charge in [-0.1, -0.05) is 18.2 Å². The molecule has 2 aromatic carbocycles. The highest BCUT2D eigenvalue weighted by Gasteiger charge is 2.20. The van der Waals surface area contributed by atoms with Gasteiger partial charge in [0.05, 0.1) is 15.8 Å². The summed E-state index contributed by atoms with van der Waals surface area (Å²) < 4.78 is 52.6. The zero-order valence-corrected chi connectivity index (χ0v) is 19.2. The van der Waals surface area contributed by atoms with Gasteiger partial charge < -0.3 is 5.32 Å². The van der Waals surface area contributed by atoms with Crippen LogP contribution in [0.5, 0.6) is 0 Å². The van der Waals surface area contributed by atoms with Crippen molar-refractivity contribution in [2.24, 2.45) is 0 Å². The lowest BCUT2D eigenvalue weighted by Gasteiger charge is -2.16. The predicted octanol–water partition coefficient (Wildman–Crippen LogP) is 2.11. The van der Waals surface area contributed by atoms with Gasteiger partial charge in [-0.05, 0) is 56.7 Å². The molecule has 0 heterocycles. The molecule has 2 rings (SSSR count). The quantitative estimate of drug-likeness (QED) is 0.636. The number of sulfonamides is 2. The third-order valence-electron chi connectivity index (χ3n) is 4.30. The zero-order chi connectivity index (χ0) is 22.7. The van der Waals surface area contributed by atoms with Crippen molar-refractivity contribution in [3.63, 3.8) is 0 Å². The van der Waals surface area contributed by atoms with Crippen molar-refractivity contribution >= 4 is 26.0 Å². The first-order chi connectivity index (χ1) is 13.8. The maximum absolute atomic E-state index is 12.6. The molecule has 0 fully saturated rings. The van der Waals surface area contributed by atoms with Crippen LogP contribution in [0.4, 0.5) is 0 Å². The van der Waals surface area contributed by atoms with Crippen LogP contribution < -0.4 is 10.0 Å². The van der Waals surface area contributed by atoms with Crippen molar-refractivity contribution in [2.75, 3.05) is 14.1 Å². The summed E-state index contributed by atoms with van der Waals surface area (Å²) in [4.78, 5) is 12.8. The van der Waals surface area contributed by atoms with Crippen LogP contribution in [0.1, 0.15) is 42.7 Å². The van der Waals surface area contributed by atoms with Gasteiger partial charge in [-0.3, -0.25) is 4.79 Å². The average Bonchev–Trinajstić information content (AvgIpc) is 2.67. The minimum Gasteiger partial charge on any atom is -0.346 e. The van der Waals surface area contributed by atoms with Crippen LogP contribution in [0, 0.1) is 0 Å². The minimum absolute atomic E-state index is 0.00903. The molecular weight excluding hydrogens is 426 g/mol. The predicted molar refractivity (Wildman–Crippen MR) is 115 cm³/mol. The van der Waals surface area contributed by atoms with E-state index in [4.69, 9.17) is 0 Å². The molecule has 0 aliphatic heterocycles. The van der Waals surface area contributed by atoms with E-state index in [1.165, 1.54) is 50.5 Å². The molecule has 164 valence electrons. The molecular formula is C20H27N3O5S2. The van der Waals surface area contributed by atoms with E-state index in [2.05, 4.69) is 10.0 Å². The molecule has 1 atom stereocenters. The molecule has 1 amide bonds. The van der Waals surface area contributed by atoms with E-state index in [1.54, 1.807) is 32.9 Å². The lowest BCUT2D eigenvalue weighted by molar-refractivity contribution is 0.0939. The summed E-state index contributed by atoms with van der Waals surface area (Å²) in [6, 6.07) is 11.3. The Morgan fingerprint density at radius 2 is 1.50 bits per heavy atom. The van der Waals surface area contributed by atoms with Crippen molar-refractivity contribution in [3.05, 3.63) is 59.7 Å². The summed E-state index contributed by atoms with van der Waals surface area (Å²) in [5.74, 6) is -0.436.